The minimum Gasteiger partial charge on any atom is -0.497 e. The molecule has 0 bridgehead atoms. The van der Waals surface area contributed by atoms with Crippen LogP contribution in [-0.2, 0) is 21.3 Å². The van der Waals surface area contributed by atoms with Gasteiger partial charge < -0.3 is 14.2 Å². The number of nitrogens with one attached hydrogen (secondary N) is 1. The zero-order valence-electron chi connectivity index (χ0n) is 18.5. The highest BCUT2D eigenvalue weighted by Crippen LogP contribution is 2.48. The molecular weight excluding hydrogens is 453 g/mol. The van der Waals surface area contributed by atoms with Crippen molar-refractivity contribution in [2.45, 2.75) is 19.1 Å². The lowest BCUT2D eigenvalue weighted by Gasteiger charge is -2.30. The van der Waals surface area contributed by atoms with Gasteiger partial charge in [0.1, 0.15) is 17.6 Å². The molecule has 4 rings (SSSR count). The van der Waals surface area contributed by atoms with E-state index in [1.165, 1.54) is 6.08 Å². The molecule has 0 saturated carbocycles. The molecule has 7 heteroatoms. The Labute approximate surface area is 199 Å². The molecule has 170 valence electrons. The number of rotatable bonds is 8. The van der Waals surface area contributed by atoms with Gasteiger partial charge in [-0.05, 0) is 31.2 Å². The van der Waals surface area contributed by atoms with E-state index in [1.54, 1.807) is 20.1 Å². The highest BCUT2D eigenvalue weighted by molar-refractivity contribution is 8.20. The van der Waals surface area contributed by atoms with Gasteiger partial charge in [-0.3, -0.25) is 5.09 Å². The van der Waals surface area contributed by atoms with E-state index < -0.39 is 18.3 Å². The fraction of sp³-hybridized carbons (Fsp3) is 0.192. The first-order valence-electron chi connectivity index (χ1n) is 10.7. The third-order valence-electron chi connectivity index (χ3n) is 5.41. The number of esters is 1. The van der Waals surface area contributed by atoms with Crippen LogP contribution in [0.2, 0.25) is 0 Å². The van der Waals surface area contributed by atoms with Crippen molar-refractivity contribution in [2.75, 3.05) is 13.7 Å². The summed E-state index contributed by atoms with van der Waals surface area (Å²) >= 11 is 6.39. The maximum Gasteiger partial charge on any atom is 0.330 e. The summed E-state index contributed by atoms with van der Waals surface area (Å²) < 4.78 is 16.7. The molecule has 33 heavy (non-hydrogen) atoms. The van der Waals surface area contributed by atoms with Gasteiger partial charge in [0, 0.05) is 22.2 Å². The number of carbonyl (C=O) groups is 1. The van der Waals surface area contributed by atoms with Crippen molar-refractivity contribution in [3.05, 3.63) is 96.6 Å². The van der Waals surface area contributed by atoms with Crippen molar-refractivity contribution < 1.29 is 19.0 Å². The summed E-state index contributed by atoms with van der Waals surface area (Å²) in [5, 5.41) is 5.88. The number of carbonyl (C=O) groups excluding carboxylic acids is 1. The quantitative estimate of drug-likeness (QED) is 0.296. The molecule has 1 N–H and O–H groups in total. The van der Waals surface area contributed by atoms with Gasteiger partial charge in [0.2, 0.25) is 0 Å². The number of ether oxygens (including phenoxy) is 3. The summed E-state index contributed by atoms with van der Waals surface area (Å²) in [4.78, 5) is 12.0. The minimum absolute atomic E-state index is 0.285. The lowest BCUT2D eigenvalue weighted by atomic mass is 10.0. The van der Waals surface area contributed by atoms with Crippen LogP contribution in [0.15, 0.2) is 91.0 Å². The lowest BCUT2D eigenvalue weighted by Crippen LogP contribution is -2.34. The molecule has 0 amide bonds. The second-order valence-electron chi connectivity index (χ2n) is 7.48. The molecule has 3 aromatic carbocycles. The fourth-order valence-corrected chi connectivity index (χ4v) is 7.35. The topological polar surface area (TPSA) is 56.8 Å². The van der Waals surface area contributed by atoms with Gasteiger partial charge in [-0.2, -0.15) is 0 Å². The Balaban J connectivity index is 1.78. The van der Waals surface area contributed by atoms with E-state index in [2.05, 4.69) is 29.4 Å². The van der Waals surface area contributed by atoms with Crippen LogP contribution in [0.5, 0.6) is 11.5 Å². The lowest BCUT2D eigenvalue weighted by molar-refractivity contribution is -0.137. The first kappa shape index (κ1) is 23.2. The van der Waals surface area contributed by atoms with E-state index in [4.69, 9.17) is 26.0 Å². The highest BCUT2D eigenvalue weighted by atomic mass is 32.4. The molecule has 0 fully saturated rings. The normalized spacial score (nSPS) is 17.4. The predicted octanol–water partition coefficient (Wildman–Crippen LogP) is 4.25. The first-order valence-corrected chi connectivity index (χ1v) is 13.5. The van der Waals surface area contributed by atoms with Crippen LogP contribution in [0.3, 0.4) is 0 Å². The first-order chi connectivity index (χ1) is 16.0. The third kappa shape index (κ3) is 5.03. The van der Waals surface area contributed by atoms with Crippen LogP contribution in [0, 0.1) is 0 Å². The molecule has 3 aromatic rings. The molecule has 1 heterocycles. The largest absolute Gasteiger partial charge is 0.497 e. The third-order valence-corrected chi connectivity index (χ3v) is 9.69. The van der Waals surface area contributed by atoms with Crippen LogP contribution in [0.1, 0.15) is 18.5 Å². The molecule has 5 nitrogen and oxygen atoms in total. The Morgan fingerprint density at radius 3 is 2.27 bits per heavy atom. The van der Waals surface area contributed by atoms with Crippen molar-refractivity contribution in [2.24, 2.45) is 0 Å². The number of hydrogen-bond acceptors (Lipinski definition) is 5. The summed E-state index contributed by atoms with van der Waals surface area (Å²) in [6.07, 6.45) is 0.275. The van der Waals surface area contributed by atoms with E-state index in [1.807, 2.05) is 54.6 Å². The van der Waals surface area contributed by atoms with Gasteiger partial charge in [-0.15, -0.1) is 0 Å². The Morgan fingerprint density at radius 2 is 1.70 bits per heavy atom. The zero-order chi connectivity index (χ0) is 23.3. The maximum absolute atomic E-state index is 12.0. The molecule has 0 aromatic heterocycles. The second-order valence-corrected chi connectivity index (χ2v) is 11.6. The second kappa shape index (κ2) is 10.3. The Hall–Kier alpha value is -2.92. The SMILES string of the molecule is CCOC(=O)/C=C/[C@H]1Oc2ccc(OC)cc2[C@H]1NP(=S)(c1ccccc1)c1ccccc1. The number of benzene rings is 3. The average Bonchev–Trinajstić information content (AvgIpc) is 3.20. The van der Waals surface area contributed by atoms with E-state index in [9.17, 15) is 4.79 Å². The molecule has 1 aliphatic heterocycles. The molecule has 0 spiro atoms. The van der Waals surface area contributed by atoms with Gasteiger partial charge in [0.25, 0.3) is 0 Å². The van der Waals surface area contributed by atoms with Crippen LogP contribution in [-0.4, -0.2) is 25.8 Å². The van der Waals surface area contributed by atoms with Gasteiger partial charge >= 0.3 is 5.97 Å². The molecule has 0 radical (unpaired) electrons. The van der Waals surface area contributed by atoms with E-state index >= 15 is 0 Å². The minimum atomic E-state index is -2.44. The summed E-state index contributed by atoms with van der Waals surface area (Å²) in [5.41, 5.74) is 0.939. The average molecular weight is 480 g/mol. The van der Waals surface area contributed by atoms with Gasteiger partial charge in [-0.1, -0.05) is 72.5 Å². The Morgan fingerprint density at radius 1 is 1.06 bits per heavy atom. The number of hydrogen-bond donors (Lipinski definition) is 1. The maximum atomic E-state index is 12.0. The van der Waals surface area contributed by atoms with Crippen LogP contribution >= 0.6 is 6.19 Å². The van der Waals surface area contributed by atoms with Crippen LogP contribution in [0.4, 0.5) is 0 Å². The summed E-state index contributed by atoms with van der Waals surface area (Å²) in [6.45, 7) is 2.09. The van der Waals surface area contributed by atoms with Crippen molar-refractivity contribution in [1.29, 1.82) is 0 Å². The van der Waals surface area contributed by atoms with Crippen LogP contribution < -0.4 is 25.2 Å². The summed E-state index contributed by atoms with van der Waals surface area (Å²) in [7, 11) is 1.64. The Kier molecular flexibility index (Phi) is 7.29. The van der Waals surface area contributed by atoms with Gasteiger partial charge in [-0.25, -0.2) is 4.79 Å². The van der Waals surface area contributed by atoms with Crippen molar-refractivity contribution in [1.82, 2.24) is 5.09 Å². The predicted molar refractivity (Wildman–Crippen MR) is 135 cm³/mol. The molecule has 0 aliphatic carbocycles. The fourth-order valence-electron chi connectivity index (χ4n) is 3.82. The molecule has 0 unspecified atom stereocenters. The zero-order valence-corrected chi connectivity index (χ0v) is 20.2. The van der Waals surface area contributed by atoms with Gasteiger partial charge in [0.05, 0.1) is 25.9 Å². The molecular formula is C26H26NO4PS. The van der Waals surface area contributed by atoms with E-state index in [0.29, 0.717) is 6.61 Å². The number of methoxy groups -OCH3 is 1. The smallest absolute Gasteiger partial charge is 0.330 e. The molecule has 2 atom stereocenters. The van der Waals surface area contributed by atoms with E-state index in [0.717, 1.165) is 27.7 Å². The summed E-state index contributed by atoms with van der Waals surface area (Å²) in [6, 6.07) is 25.6. The van der Waals surface area contributed by atoms with Crippen molar-refractivity contribution in [3.8, 4) is 11.5 Å². The summed E-state index contributed by atoms with van der Waals surface area (Å²) in [5.74, 6) is 1.06. The molecule has 1 aliphatic rings. The van der Waals surface area contributed by atoms with Gasteiger partial charge in [0.15, 0.2) is 0 Å². The van der Waals surface area contributed by atoms with Crippen LogP contribution in [0.25, 0.3) is 0 Å². The highest BCUT2D eigenvalue weighted by Gasteiger charge is 2.37. The monoisotopic (exact) mass is 479 g/mol. The standard InChI is InChI=1S/C26H26NO4PS/c1-3-30-25(28)17-16-24-26(22-18-19(29-2)14-15-23(22)31-24)27-32(33,20-10-6-4-7-11-20)21-12-8-5-9-13-21/h4-18,24,26H,3H2,1-2H3,(H,27,33)/b17-16+/t24-,26-/m1/s1. The van der Waals surface area contributed by atoms with Crippen molar-refractivity contribution >= 4 is 34.6 Å². The number of fused-ring (bicyclic) bond motifs is 1. The van der Waals surface area contributed by atoms with Crippen molar-refractivity contribution in [3.63, 3.8) is 0 Å². The Bertz CT molecular complexity index is 1140. The molecule has 0 saturated heterocycles. The van der Waals surface area contributed by atoms with E-state index in [-0.39, 0.29) is 6.04 Å².